The van der Waals surface area contributed by atoms with E-state index in [9.17, 15) is 9.90 Å². The van der Waals surface area contributed by atoms with Crippen LogP contribution in [-0.2, 0) is 12.5 Å². The lowest BCUT2D eigenvalue weighted by Crippen LogP contribution is -2.28. The number of aromatic hydroxyl groups is 1. The van der Waals surface area contributed by atoms with Gasteiger partial charge in [0.1, 0.15) is 5.75 Å². The molecular weight excluding hydrogens is 426 g/mol. The van der Waals surface area contributed by atoms with Crippen molar-refractivity contribution < 1.29 is 14.3 Å². The molecule has 168 valence electrons. The highest BCUT2D eigenvalue weighted by atomic mass is 32.2. The Bertz CT molecular complexity index is 1170. The summed E-state index contributed by atoms with van der Waals surface area (Å²) in [5.74, 6) is 2.95. The molecule has 32 heavy (non-hydrogen) atoms. The third-order valence-electron chi connectivity index (χ3n) is 6.80. The van der Waals surface area contributed by atoms with Crippen LogP contribution < -0.4 is 0 Å². The number of aryl methyl sites for hydroxylation is 1. The maximum absolute atomic E-state index is 11.8. The molecule has 8 nitrogen and oxygen atoms in total. The van der Waals surface area contributed by atoms with E-state index in [1.54, 1.807) is 17.8 Å². The number of rotatable bonds is 8. The molecular formula is C23H27N5O3S. The number of benzene rings is 1. The summed E-state index contributed by atoms with van der Waals surface area (Å²) in [5, 5.41) is 19.4. The van der Waals surface area contributed by atoms with Crippen LogP contribution in [0.4, 0.5) is 0 Å². The van der Waals surface area contributed by atoms with Crippen LogP contribution in [0.5, 0.6) is 5.75 Å². The monoisotopic (exact) mass is 453 g/mol. The summed E-state index contributed by atoms with van der Waals surface area (Å²) in [5.41, 5.74) is 2.58. The molecule has 1 aliphatic heterocycles. The number of hydrogen-bond acceptors (Lipinski definition) is 8. The Hall–Kier alpha value is -2.65. The number of nitrogens with zero attached hydrogens (tertiary/aromatic N) is 5. The van der Waals surface area contributed by atoms with E-state index in [-0.39, 0.29) is 16.9 Å². The van der Waals surface area contributed by atoms with Crippen LogP contribution in [0, 0.1) is 12.8 Å². The van der Waals surface area contributed by atoms with Crippen molar-refractivity contribution in [2.45, 2.75) is 37.3 Å². The lowest BCUT2D eigenvalue weighted by atomic mass is 9.92. The van der Waals surface area contributed by atoms with Crippen LogP contribution in [0.25, 0.3) is 11.6 Å². The second-order valence-electron chi connectivity index (χ2n) is 8.91. The topological polar surface area (TPSA) is 97.3 Å². The molecule has 1 aliphatic carbocycles. The van der Waals surface area contributed by atoms with Gasteiger partial charge in [-0.25, -0.2) is 4.98 Å². The minimum atomic E-state index is -0.0877. The average Bonchev–Trinajstić information content (AvgIpc) is 3.06. The van der Waals surface area contributed by atoms with Crippen molar-refractivity contribution >= 4 is 17.5 Å². The van der Waals surface area contributed by atoms with Crippen molar-refractivity contribution in [3.8, 4) is 17.3 Å². The fraction of sp³-hybridized carbons (Fsp3) is 0.478. The van der Waals surface area contributed by atoms with Gasteiger partial charge in [-0.1, -0.05) is 17.8 Å². The van der Waals surface area contributed by atoms with E-state index in [1.807, 2.05) is 30.7 Å². The third-order valence-corrected chi connectivity index (χ3v) is 7.91. The van der Waals surface area contributed by atoms with E-state index in [2.05, 4.69) is 20.1 Å². The molecule has 3 heterocycles. The number of hydrogen-bond donors (Lipinski definition) is 1. The van der Waals surface area contributed by atoms with Crippen molar-refractivity contribution in [3.05, 3.63) is 41.4 Å². The zero-order valence-corrected chi connectivity index (χ0v) is 19.4. The van der Waals surface area contributed by atoms with Gasteiger partial charge < -0.3 is 19.0 Å². The maximum Gasteiger partial charge on any atom is 0.202 e. The van der Waals surface area contributed by atoms with E-state index in [0.29, 0.717) is 23.1 Å². The van der Waals surface area contributed by atoms with Gasteiger partial charge in [-0.2, -0.15) is 0 Å². The van der Waals surface area contributed by atoms with Crippen molar-refractivity contribution in [2.24, 2.45) is 13.0 Å². The molecule has 2 aromatic heterocycles. The van der Waals surface area contributed by atoms with Gasteiger partial charge in [0, 0.05) is 31.3 Å². The van der Waals surface area contributed by atoms with Crippen molar-refractivity contribution in [1.29, 1.82) is 0 Å². The quantitative estimate of drug-likeness (QED) is 0.315. The first-order chi connectivity index (χ1) is 15.4. The van der Waals surface area contributed by atoms with Crippen LogP contribution in [0.2, 0.25) is 0 Å². The highest BCUT2D eigenvalue weighted by molar-refractivity contribution is 7.99. The molecule has 1 saturated heterocycles. The zero-order valence-electron chi connectivity index (χ0n) is 18.5. The number of carbonyl (C=O) groups excluding carboxylic acids is 1. The molecule has 9 heteroatoms. The summed E-state index contributed by atoms with van der Waals surface area (Å²) >= 11 is 1.70. The lowest BCUT2D eigenvalue weighted by molar-refractivity contribution is 0.101. The number of Topliss-reactive ketones (excluding diaryl/α,β-unsaturated/α-hetero) is 1. The number of carbonyl (C=O) groups is 1. The number of ketones is 1. The average molecular weight is 454 g/mol. The molecule has 3 aromatic rings. The van der Waals surface area contributed by atoms with Gasteiger partial charge in [-0.3, -0.25) is 4.79 Å². The van der Waals surface area contributed by atoms with Crippen molar-refractivity contribution in [2.75, 3.05) is 25.4 Å². The molecule has 1 aromatic carbocycles. The summed E-state index contributed by atoms with van der Waals surface area (Å²) in [6, 6.07) is 5.56. The molecule has 0 radical (unpaired) electrons. The number of oxazole rings is 1. The first-order valence-electron chi connectivity index (χ1n) is 10.9. The van der Waals surface area contributed by atoms with Gasteiger partial charge in [0.05, 0.1) is 11.3 Å². The molecule has 0 amide bonds. The summed E-state index contributed by atoms with van der Waals surface area (Å²) in [7, 11) is 1.95. The van der Waals surface area contributed by atoms with Crippen LogP contribution in [0.3, 0.4) is 0 Å². The lowest BCUT2D eigenvalue weighted by Gasteiger charge is -2.21. The smallest absolute Gasteiger partial charge is 0.202 e. The number of aromatic nitrogens is 4. The maximum atomic E-state index is 11.8. The Balaban J connectivity index is 1.15. The first-order valence-corrected chi connectivity index (χ1v) is 11.9. The highest BCUT2D eigenvalue weighted by Crippen LogP contribution is 2.59. The van der Waals surface area contributed by atoms with Crippen molar-refractivity contribution in [3.63, 3.8) is 0 Å². The second-order valence-corrected chi connectivity index (χ2v) is 9.98. The van der Waals surface area contributed by atoms with E-state index in [4.69, 9.17) is 4.42 Å². The summed E-state index contributed by atoms with van der Waals surface area (Å²) < 4.78 is 7.40. The zero-order chi connectivity index (χ0) is 22.5. The minimum Gasteiger partial charge on any atom is -0.507 e. The Labute approximate surface area is 191 Å². The van der Waals surface area contributed by atoms with E-state index in [0.717, 1.165) is 42.7 Å². The molecule has 2 aliphatic rings. The van der Waals surface area contributed by atoms with Crippen LogP contribution in [0.1, 0.15) is 41.4 Å². The summed E-state index contributed by atoms with van der Waals surface area (Å²) in [6.07, 6.45) is 3.66. The van der Waals surface area contributed by atoms with Gasteiger partial charge in [-0.05, 0) is 56.8 Å². The normalized spacial score (nSPS) is 22.3. The molecule has 5 rings (SSSR count). The summed E-state index contributed by atoms with van der Waals surface area (Å²) in [6.45, 7) is 6.55. The Morgan fingerprint density at radius 3 is 2.97 bits per heavy atom. The number of piperidine rings is 1. The number of phenolic OH excluding ortho intramolecular Hbond substituents is 1. The molecule has 2 atom stereocenters. The van der Waals surface area contributed by atoms with Gasteiger partial charge in [-0.15, -0.1) is 10.2 Å². The molecule has 2 fully saturated rings. The standard InChI is InChI=1S/C23H27N5O3S/c1-14-20(31-13-24-14)21-25-26-22(27(21)3)32-8-4-7-28-11-17-10-23(17,12-28)16-5-6-19(30)18(9-16)15(2)29/h5-6,9,13,17,30H,4,7-8,10-12H2,1-3H3/t17-,23-/m0/s1. The van der Waals surface area contributed by atoms with Crippen LogP contribution in [-0.4, -0.2) is 60.9 Å². The van der Waals surface area contributed by atoms with E-state index >= 15 is 0 Å². The van der Waals surface area contributed by atoms with Crippen LogP contribution in [0.15, 0.2) is 34.2 Å². The number of thioether (sulfide) groups is 1. The largest absolute Gasteiger partial charge is 0.507 e. The van der Waals surface area contributed by atoms with Gasteiger partial charge in [0.2, 0.25) is 5.82 Å². The summed E-state index contributed by atoms with van der Waals surface area (Å²) in [4.78, 5) is 18.5. The fourth-order valence-corrected chi connectivity index (χ4v) is 5.77. The minimum absolute atomic E-state index is 0.0760. The predicted octanol–water partition coefficient (Wildman–Crippen LogP) is 3.44. The number of fused-ring (bicyclic) bond motifs is 1. The Morgan fingerprint density at radius 1 is 1.38 bits per heavy atom. The highest BCUT2D eigenvalue weighted by Gasteiger charge is 2.60. The first kappa shape index (κ1) is 21.2. The Morgan fingerprint density at radius 2 is 2.22 bits per heavy atom. The van der Waals surface area contributed by atoms with Gasteiger partial charge in [0.25, 0.3) is 0 Å². The van der Waals surface area contributed by atoms with E-state index < -0.39 is 0 Å². The number of phenols is 1. The van der Waals surface area contributed by atoms with Crippen molar-refractivity contribution in [1.82, 2.24) is 24.6 Å². The molecule has 0 unspecified atom stereocenters. The van der Waals surface area contributed by atoms with Gasteiger partial charge >= 0.3 is 0 Å². The number of likely N-dealkylation sites (tertiary alicyclic amines) is 1. The molecule has 1 saturated carbocycles. The molecule has 1 N–H and O–H groups in total. The SMILES string of the molecule is CC(=O)c1cc([C@@]23C[C@H]2CN(CCCSc2nnc(-c4ocnc4C)n2C)C3)ccc1O. The molecule has 0 spiro atoms. The second kappa shape index (κ2) is 8.04. The van der Waals surface area contributed by atoms with Gasteiger partial charge in [0.15, 0.2) is 23.1 Å². The Kier molecular flexibility index (Phi) is 5.33. The third kappa shape index (κ3) is 3.63. The van der Waals surface area contributed by atoms with E-state index in [1.165, 1.54) is 25.3 Å². The molecule has 0 bridgehead atoms. The van der Waals surface area contributed by atoms with Crippen LogP contribution >= 0.6 is 11.8 Å². The fourth-order valence-electron chi connectivity index (χ4n) is 4.94. The predicted molar refractivity (Wildman–Crippen MR) is 121 cm³/mol.